The standard InChI is InChI=1S/C56H99N11O12/c1-22-24-25-35(11)47(70)46-50(73)60-39(23-2)53(76)62(16)30-44(69)63(17)40(26-31(3)4)49(72)59-37(13)51(74)61(15)29-43(68)57-36(12)48(71)58-38(14)52(75)64(18)41(27-32(5)6)54(77)65(19)42(28-33(7)8)55(78)66(20)45(34(9)10)56(79)67(46)21/h22,24,31-42,45-47,70H,23,25-30H2,1-21H3,(H,57,68)(H,58,71)(H,59,72)(H,60,73)/b24-22+/t35-,36+,37+,38-,39+,40?,41+,42-,45+,46+,47-/m1/s1. The molecule has 0 aromatic heterocycles. The third-order valence-corrected chi connectivity index (χ3v) is 14.5. The van der Waals surface area contributed by atoms with E-state index in [1.165, 1.54) is 89.7 Å². The fourth-order valence-corrected chi connectivity index (χ4v) is 9.63. The highest BCUT2D eigenvalue weighted by molar-refractivity contribution is 5.99. The van der Waals surface area contributed by atoms with Crippen molar-refractivity contribution in [2.45, 2.75) is 190 Å². The van der Waals surface area contributed by atoms with Gasteiger partial charge in [-0.15, -0.1) is 0 Å². The number of hydrogen-bond acceptors (Lipinski definition) is 12. The summed E-state index contributed by atoms with van der Waals surface area (Å²) in [5.74, 6) is -9.18. The summed E-state index contributed by atoms with van der Waals surface area (Å²) in [6.07, 6.45) is 2.90. The molecule has 79 heavy (non-hydrogen) atoms. The Bertz CT molecular complexity index is 2170. The second kappa shape index (κ2) is 32.2. The number of amides is 11. The summed E-state index contributed by atoms with van der Waals surface area (Å²) in [6, 6.07) is -11.1. The van der Waals surface area contributed by atoms with Crippen LogP contribution in [0.3, 0.4) is 0 Å². The molecule has 11 amide bonds. The molecular formula is C56H99N11O12. The fourth-order valence-electron chi connectivity index (χ4n) is 9.63. The van der Waals surface area contributed by atoms with Crippen molar-refractivity contribution in [3.05, 3.63) is 12.2 Å². The van der Waals surface area contributed by atoms with Gasteiger partial charge in [0.15, 0.2) is 0 Å². The van der Waals surface area contributed by atoms with Crippen molar-refractivity contribution in [1.29, 1.82) is 0 Å². The Hall–Kier alpha value is -6.13. The number of aliphatic hydroxyl groups excluding tert-OH is 1. The molecule has 450 valence electrons. The van der Waals surface area contributed by atoms with E-state index in [4.69, 9.17) is 0 Å². The molecule has 5 N–H and O–H groups in total. The molecule has 1 heterocycles. The highest BCUT2D eigenvalue weighted by Crippen LogP contribution is 2.25. The monoisotopic (exact) mass is 1120 g/mol. The molecule has 0 spiro atoms. The lowest BCUT2D eigenvalue weighted by molar-refractivity contribution is -0.157. The third kappa shape index (κ3) is 20.2. The Morgan fingerprint density at radius 3 is 1.42 bits per heavy atom. The number of rotatable bonds is 12. The Balaban J connectivity index is 4.14. The van der Waals surface area contributed by atoms with Crippen LogP contribution < -0.4 is 21.3 Å². The zero-order valence-electron chi connectivity index (χ0n) is 51.3. The van der Waals surface area contributed by atoms with Crippen LogP contribution in [0.5, 0.6) is 0 Å². The third-order valence-electron chi connectivity index (χ3n) is 14.5. The van der Waals surface area contributed by atoms with Gasteiger partial charge >= 0.3 is 0 Å². The number of carbonyl (C=O) groups excluding carboxylic acids is 11. The molecule has 0 aromatic carbocycles. The average molecular weight is 1120 g/mol. The maximum Gasteiger partial charge on any atom is 0.246 e. The zero-order chi connectivity index (χ0) is 61.2. The van der Waals surface area contributed by atoms with Crippen LogP contribution >= 0.6 is 0 Å². The molecule has 0 bridgehead atoms. The molecule has 1 unspecified atom stereocenters. The number of likely N-dealkylation sites (N-methyl/N-ethyl adjacent to an activating group) is 7. The molecule has 0 radical (unpaired) electrons. The van der Waals surface area contributed by atoms with Crippen molar-refractivity contribution >= 4 is 65.0 Å². The smallest absolute Gasteiger partial charge is 0.246 e. The average Bonchev–Trinajstić information content (AvgIpc) is 3.36. The minimum absolute atomic E-state index is 0.0261. The molecule has 1 rings (SSSR count). The van der Waals surface area contributed by atoms with E-state index in [0.29, 0.717) is 6.42 Å². The normalized spacial score (nSPS) is 26.9. The number of allylic oxidation sites excluding steroid dienone is 2. The van der Waals surface area contributed by atoms with Gasteiger partial charge in [-0.25, -0.2) is 0 Å². The fraction of sp³-hybridized carbons (Fsp3) is 0.768. The van der Waals surface area contributed by atoms with E-state index in [1.54, 1.807) is 46.8 Å². The Kier molecular flexibility index (Phi) is 28.9. The van der Waals surface area contributed by atoms with E-state index in [0.717, 1.165) is 14.7 Å². The van der Waals surface area contributed by atoms with E-state index >= 15 is 9.59 Å². The van der Waals surface area contributed by atoms with Crippen LogP contribution in [0.4, 0.5) is 0 Å². The van der Waals surface area contributed by atoms with E-state index in [1.807, 2.05) is 41.5 Å². The van der Waals surface area contributed by atoms with Crippen LogP contribution in [0.25, 0.3) is 0 Å². The largest absolute Gasteiger partial charge is 0.390 e. The van der Waals surface area contributed by atoms with Gasteiger partial charge in [-0.3, -0.25) is 52.7 Å². The molecule has 1 aliphatic rings. The van der Waals surface area contributed by atoms with Gasteiger partial charge < -0.3 is 60.7 Å². The van der Waals surface area contributed by atoms with Gasteiger partial charge in [-0.2, -0.15) is 0 Å². The minimum Gasteiger partial charge on any atom is -0.390 e. The van der Waals surface area contributed by atoms with E-state index in [9.17, 15) is 48.3 Å². The summed E-state index contributed by atoms with van der Waals surface area (Å²) in [6.45, 7) is 22.9. The zero-order valence-corrected chi connectivity index (χ0v) is 51.3. The summed E-state index contributed by atoms with van der Waals surface area (Å²) in [5.41, 5.74) is 0. The first-order valence-electron chi connectivity index (χ1n) is 27.8. The van der Waals surface area contributed by atoms with Crippen LogP contribution in [0.15, 0.2) is 12.2 Å². The highest BCUT2D eigenvalue weighted by atomic mass is 16.3. The van der Waals surface area contributed by atoms with Gasteiger partial charge in [0.05, 0.1) is 19.2 Å². The summed E-state index contributed by atoms with van der Waals surface area (Å²) in [4.78, 5) is 164. The molecule has 0 aliphatic carbocycles. The van der Waals surface area contributed by atoms with Gasteiger partial charge in [0.1, 0.15) is 54.4 Å². The molecule has 1 fully saturated rings. The topological polar surface area (TPSA) is 279 Å². The number of nitrogens with one attached hydrogen (secondary N) is 4. The second-order valence-corrected chi connectivity index (χ2v) is 23.3. The summed E-state index contributed by atoms with van der Waals surface area (Å²) in [7, 11) is 9.74. The van der Waals surface area contributed by atoms with Crippen molar-refractivity contribution in [3.8, 4) is 0 Å². The van der Waals surface area contributed by atoms with Gasteiger partial charge in [0.2, 0.25) is 65.0 Å². The molecule has 1 aliphatic heterocycles. The van der Waals surface area contributed by atoms with Crippen molar-refractivity contribution in [1.82, 2.24) is 55.6 Å². The molecule has 1 saturated heterocycles. The predicted octanol–water partition coefficient (Wildman–Crippen LogP) is 1.22. The van der Waals surface area contributed by atoms with Gasteiger partial charge in [0.25, 0.3) is 0 Å². The van der Waals surface area contributed by atoms with E-state index in [2.05, 4.69) is 21.3 Å². The maximum absolute atomic E-state index is 15.0. The molecule has 11 atom stereocenters. The number of hydrogen-bond donors (Lipinski definition) is 5. The van der Waals surface area contributed by atoms with Gasteiger partial charge in [-0.1, -0.05) is 81.4 Å². The van der Waals surface area contributed by atoms with E-state index < -0.39 is 150 Å². The Morgan fingerprint density at radius 1 is 0.494 bits per heavy atom. The van der Waals surface area contributed by atoms with Crippen molar-refractivity contribution in [2.24, 2.45) is 29.6 Å². The van der Waals surface area contributed by atoms with Crippen LogP contribution in [0.2, 0.25) is 0 Å². The first-order chi connectivity index (χ1) is 36.5. The van der Waals surface area contributed by atoms with Gasteiger partial charge in [0, 0.05) is 49.3 Å². The first-order valence-corrected chi connectivity index (χ1v) is 27.8. The number of aliphatic hydroxyl groups is 1. The lowest BCUT2D eigenvalue weighted by Crippen LogP contribution is -2.63. The highest BCUT2D eigenvalue weighted by Gasteiger charge is 2.45. The van der Waals surface area contributed by atoms with Crippen molar-refractivity contribution in [2.75, 3.05) is 62.4 Å². The molecular weight excluding hydrogens is 1020 g/mol. The number of nitrogens with zero attached hydrogens (tertiary/aromatic N) is 7. The lowest BCUT2D eigenvalue weighted by Gasteiger charge is -2.41. The van der Waals surface area contributed by atoms with Gasteiger partial charge in [-0.05, 0) is 89.4 Å². The van der Waals surface area contributed by atoms with Crippen LogP contribution in [-0.2, 0) is 52.7 Å². The Morgan fingerprint density at radius 2 is 0.937 bits per heavy atom. The first kappa shape index (κ1) is 70.9. The number of carbonyl (C=O) groups is 11. The Labute approximate surface area is 470 Å². The minimum atomic E-state index is -1.60. The van der Waals surface area contributed by atoms with E-state index in [-0.39, 0.29) is 43.4 Å². The molecule has 0 aromatic rings. The van der Waals surface area contributed by atoms with Crippen LogP contribution in [0.1, 0.15) is 129 Å². The second-order valence-electron chi connectivity index (χ2n) is 23.3. The molecule has 23 nitrogen and oxygen atoms in total. The summed E-state index contributed by atoms with van der Waals surface area (Å²) < 4.78 is 0. The summed E-state index contributed by atoms with van der Waals surface area (Å²) >= 11 is 0. The van der Waals surface area contributed by atoms with Crippen molar-refractivity contribution < 1.29 is 57.8 Å². The predicted molar refractivity (Wildman–Crippen MR) is 301 cm³/mol. The SMILES string of the molecule is C/C=C/C[C@@H](C)[C@@H](O)[C@H]1C(=O)N[C@@H](CC)C(=O)N(C)CC(=O)N(C)C(CC(C)C)C(=O)N[C@@H](C)C(=O)N(C)CC(=O)N[C@@H](C)C(=O)N[C@H](C)C(=O)N(C)[C@@H](CC(C)C)C(=O)N(C)[C@H](CC(C)C)C(=O)N(C)[C@@H](C(C)C)C(=O)N1C. The molecule has 0 saturated carbocycles. The maximum atomic E-state index is 15.0. The summed E-state index contributed by atoms with van der Waals surface area (Å²) in [5, 5.41) is 22.5. The lowest BCUT2D eigenvalue weighted by atomic mass is 9.91. The van der Waals surface area contributed by atoms with Crippen LogP contribution in [-0.4, -0.2) is 227 Å². The molecule has 23 heteroatoms. The van der Waals surface area contributed by atoms with Crippen LogP contribution in [0, 0.1) is 29.6 Å². The quantitative estimate of drug-likeness (QED) is 0.173. The van der Waals surface area contributed by atoms with Crippen molar-refractivity contribution in [3.63, 3.8) is 0 Å².